The van der Waals surface area contributed by atoms with Gasteiger partial charge in [0.25, 0.3) is 0 Å². The Kier molecular flexibility index (Phi) is 4.48. The van der Waals surface area contributed by atoms with Crippen LogP contribution in [0.3, 0.4) is 0 Å². The number of aliphatic hydroxyl groups is 1. The van der Waals surface area contributed by atoms with Crippen LogP contribution in [0, 0.1) is 0 Å². The highest BCUT2D eigenvalue weighted by atomic mass is 16.5. The van der Waals surface area contributed by atoms with E-state index < -0.39 is 11.2 Å². The molecule has 0 bridgehead atoms. The van der Waals surface area contributed by atoms with E-state index in [0.29, 0.717) is 0 Å². The van der Waals surface area contributed by atoms with Gasteiger partial charge in [0.2, 0.25) is 0 Å². The summed E-state index contributed by atoms with van der Waals surface area (Å²) in [5, 5.41) is 11.2. The molecule has 1 N–H and O–H groups in total. The molecule has 28 heavy (non-hydrogen) atoms. The maximum Gasteiger partial charge on any atom is 0.332 e. The number of fused-ring (bicyclic) bond motifs is 3. The monoisotopic (exact) mass is 373 g/mol. The Labute approximate surface area is 164 Å². The Balaban J connectivity index is 1.58. The molecule has 0 aliphatic heterocycles. The molecule has 141 valence electrons. The highest BCUT2D eigenvalue weighted by Gasteiger charge is 2.35. The first kappa shape index (κ1) is 18.7. The van der Waals surface area contributed by atoms with Crippen LogP contribution in [0.15, 0.2) is 59.3 Å². The van der Waals surface area contributed by atoms with E-state index in [9.17, 15) is 5.11 Å². The minimum atomic E-state index is -0.965. The summed E-state index contributed by atoms with van der Waals surface area (Å²) in [7, 11) is 1.63. The Hall–Kier alpha value is -2.70. The van der Waals surface area contributed by atoms with Crippen LogP contribution in [0.4, 0.5) is 0 Å². The summed E-state index contributed by atoms with van der Waals surface area (Å²) in [6.45, 7) is 7.16. The molecule has 5 nitrogen and oxygen atoms in total. The van der Waals surface area contributed by atoms with Crippen molar-refractivity contribution in [2.24, 2.45) is 0 Å². The molecule has 1 aromatic carbocycles. The normalized spacial score (nSPS) is 12.6. The molecule has 0 aliphatic carbocycles. The lowest BCUT2D eigenvalue weighted by Gasteiger charge is -2.37. The van der Waals surface area contributed by atoms with E-state index in [1.807, 2.05) is 56.3 Å². The number of hydrogen-bond acceptors (Lipinski definition) is 5. The van der Waals surface area contributed by atoms with E-state index in [1.54, 1.807) is 33.7 Å². The van der Waals surface area contributed by atoms with E-state index >= 15 is 0 Å². The predicted molar refractivity (Wildman–Crippen MR) is 112 cm³/mol. The van der Waals surface area contributed by atoms with Gasteiger partial charge in [-0.3, -0.25) is 9.97 Å². The van der Waals surface area contributed by atoms with Crippen LogP contribution in [0.2, 0.25) is 0 Å². The maximum atomic E-state index is 10.2. The molecule has 6 heteroatoms. The zero-order valence-electron chi connectivity index (χ0n) is 16.4. The third-order valence-corrected chi connectivity index (χ3v) is 5.27. The Morgan fingerprint density at radius 2 is 1.82 bits per heavy atom. The first-order valence-corrected chi connectivity index (χ1v) is 9.22. The standard InChI is InChI=1S/C22H22BN2O3/c1-21(2,26)22(3,4)28-23-15-8-9-17(25-13-15)14-7-10-18-16(12-14)20-19(27-18)6-5-11-24-20/h5-13,26H,1-4H3. The number of nitrogens with zero attached hydrogens (tertiary/aromatic N) is 2. The van der Waals surface area contributed by atoms with Gasteiger partial charge in [0.15, 0.2) is 5.58 Å². The van der Waals surface area contributed by atoms with Crippen molar-refractivity contribution in [3.8, 4) is 11.3 Å². The quantitative estimate of drug-likeness (QED) is 0.538. The Morgan fingerprint density at radius 3 is 2.54 bits per heavy atom. The average molecular weight is 373 g/mol. The van der Waals surface area contributed by atoms with Gasteiger partial charge in [0.05, 0.1) is 16.9 Å². The van der Waals surface area contributed by atoms with Crippen LogP contribution in [-0.2, 0) is 4.65 Å². The van der Waals surface area contributed by atoms with Crippen molar-refractivity contribution in [2.45, 2.75) is 38.9 Å². The molecule has 0 saturated heterocycles. The van der Waals surface area contributed by atoms with Crippen molar-refractivity contribution >= 4 is 35.0 Å². The van der Waals surface area contributed by atoms with Crippen LogP contribution >= 0.6 is 0 Å². The fourth-order valence-electron chi connectivity index (χ4n) is 2.76. The number of aromatic nitrogens is 2. The van der Waals surface area contributed by atoms with Crippen molar-refractivity contribution in [1.29, 1.82) is 0 Å². The van der Waals surface area contributed by atoms with Crippen LogP contribution in [0.5, 0.6) is 0 Å². The molecule has 0 aliphatic rings. The third-order valence-electron chi connectivity index (χ3n) is 5.27. The van der Waals surface area contributed by atoms with E-state index in [4.69, 9.17) is 9.07 Å². The minimum Gasteiger partial charge on any atom is -0.454 e. The molecular formula is C22H22BN2O3. The zero-order valence-corrected chi connectivity index (χ0v) is 16.4. The van der Waals surface area contributed by atoms with E-state index in [0.717, 1.165) is 38.8 Å². The highest BCUT2D eigenvalue weighted by molar-refractivity contribution is 6.46. The molecular weight excluding hydrogens is 351 g/mol. The lowest BCUT2D eigenvalue weighted by molar-refractivity contribution is -0.0893. The Bertz CT molecular complexity index is 1130. The number of benzene rings is 1. The van der Waals surface area contributed by atoms with Gasteiger partial charge < -0.3 is 14.2 Å². The minimum absolute atomic E-state index is 0.716. The van der Waals surface area contributed by atoms with Crippen molar-refractivity contribution in [1.82, 2.24) is 9.97 Å². The largest absolute Gasteiger partial charge is 0.454 e. The van der Waals surface area contributed by atoms with Gasteiger partial charge in [-0.1, -0.05) is 6.07 Å². The zero-order chi connectivity index (χ0) is 19.9. The summed E-state index contributed by atoms with van der Waals surface area (Å²) >= 11 is 0. The fraction of sp³-hybridized carbons (Fsp3) is 0.273. The van der Waals surface area contributed by atoms with E-state index in [2.05, 4.69) is 9.97 Å². The fourth-order valence-corrected chi connectivity index (χ4v) is 2.76. The summed E-state index contributed by atoms with van der Waals surface area (Å²) in [5.41, 5.74) is 3.43. The smallest absolute Gasteiger partial charge is 0.332 e. The van der Waals surface area contributed by atoms with Crippen LogP contribution in [-0.4, -0.2) is 33.8 Å². The number of hydrogen-bond donors (Lipinski definition) is 1. The van der Waals surface area contributed by atoms with Crippen molar-refractivity contribution in [2.75, 3.05) is 0 Å². The van der Waals surface area contributed by atoms with Gasteiger partial charge in [-0.2, -0.15) is 0 Å². The number of furan rings is 1. The first-order valence-electron chi connectivity index (χ1n) is 9.22. The Morgan fingerprint density at radius 1 is 1.00 bits per heavy atom. The van der Waals surface area contributed by atoms with E-state index in [1.165, 1.54) is 0 Å². The number of pyridine rings is 2. The molecule has 0 atom stereocenters. The molecule has 0 saturated carbocycles. The second-order valence-electron chi connectivity index (χ2n) is 7.94. The second-order valence-corrected chi connectivity index (χ2v) is 7.94. The molecule has 4 rings (SSSR count). The van der Waals surface area contributed by atoms with Crippen molar-refractivity contribution in [3.05, 3.63) is 54.9 Å². The molecule has 0 fully saturated rings. The molecule has 0 unspecified atom stereocenters. The molecule has 0 spiro atoms. The lowest BCUT2D eigenvalue weighted by atomic mass is 9.83. The third kappa shape index (κ3) is 3.41. The predicted octanol–water partition coefficient (Wildman–Crippen LogP) is 3.85. The first-order chi connectivity index (χ1) is 13.2. The molecule has 0 amide bonds. The highest BCUT2D eigenvalue weighted by Crippen LogP contribution is 2.30. The van der Waals surface area contributed by atoms with Gasteiger partial charge in [-0.15, -0.1) is 0 Å². The summed E-state index contributed by atoms with van der Waals surface area (Å²) in [4.78, 5) is 8.99. The molecule has 3 heterocycles. The van der Waals surface area contributed by atoms with Crippen LogP contribution in [0.25, 0.3) is 33.3 Å². The van der Waals surface area contributed by atoms with Crippen LogP contribution in [0.1, 0.15) is 27.7 Å². The van der Waals surface area contributed by atoms with Crippen LogP contribution < -0.4 is 5.46 Å². The van der Waals surface area contributed by atoms with Gasteiger partial charge in [-0.25, -0.2) is 0 Å². The molecule has 3 aromatic heterocycles. The summed E-state index contributed by atoms with van der Waals surface area (Å²) in [5.74, 6) is 0. The summed E-state index contributed by atoms with van der Waals surface area (Å²) in [6, 6.07) is 13.7. The maximum absolute atomic E-state index is 10.2. The summed E-state index contributed by atoms with van der Waals surface area (Å²) in [6.07, 6.45) is 3.52. The second kappa shape index (κ2) is 6.72. The van der Waals surface area contributed by atoms with Gasteiger partial charge in [0.1, 0.15) is 11.1 Å². The summed E-state index contributed by atoms with van der Waals surface area (Å²) < 4.78 is 11.6. The molecule has 1 radical (unpaired) electrons. The number of rotatable bonds is 5. The van der Waals surface area contributed by atoms with Gasteiger partial charge in [-0.05, 0) is 69.6 Å². The van der Waals surface area contributed by atoms with E-state index in [-0.39, 0.29) is 0 Å². The average Bonchev–Trinajstić information content (AvgIpc) is 3.04. The topological polar surface area (TPSA) is 68.4 Å². The van der Waals surface area contributed by atoms with Crippen molar-refractivity contribution in [3.63, 3.8) is 0 Å². The SMILES string of the molecule is CC(C)(O)C(C)(C)O[B]c1ccc(-c2ccc3oc4cccnc4c3c2)nc1. The molecule has 4 aromatic rings. The van der Waals surface area contributed by atoms with Crippen molar-refractivity contribution < 1.29 is 14.2 Å². The van der Waals surface area contributed by atoms with Gasteiger partial charge in [0, 0.05) is 23.3 Å². The lowest BCUT2D eigenvalue weighted by Crippen LogP contribution is -2.49. The van der Waals surface area contributed by atoms with Gasteiger partial charge >= 0.3 is 7.48 Å².